The summed E-state index contributed by atoms with van der Waals surface area (Å²) in [6, 6.07) is 109. The van der Waals surface area contributed by atoms with Gasteiger partial charge in [-0.1, -0.05) is 243 Å². The fourth-order valence-corrected chi connectivity index (χ4v) is 12.6. The first-order valence-electron chi connectivity index (χ1n) is 26.6. The molecule has 2 heteroatoms. The topological polar surface area (TPSA) is 16.4 Å². The fourth-order valence-electron chi connectivity index (χ4n) is 12.6. The molecule has 0 amide bonds. The highest BCUT2D eigenvalue weighted by Gasteiger charge is 2.46. The van der Waals surface area contributed by atoms with Crippen LogP contribution in [0.3, 0.4) is 0 Å². The number of anilines is 3. The fraction of sp³-hybridized carbons (Fsp3) is 0.0133. The molecule has 360 valence electrons. The Bertz CT molecular complexity index is 4490. The maximum atomic E-state index is 6.98. The summed E-state index contributed by atoms with van der Waals surface area (Å²) in [6.45, 7) is 0. The van der Waals surface area contributed by atoms with Gasteiger partial charge in [-0.15, -0.1) is 0 Å². The first-order valence-corrected chi connectivity index (χ1v) is 26.6. The molecule has 0 fully saturated rings. The molecule has 0 saturated carbocycles. The van der Waals surface area contributed by atoms with Gasteiger partial charge in [0.2, 0.25) is 0 Å². The van der Waals surface area contributed by atoms with Gasteiger partial charge in [-0.25, -0.2) is 0 Å². The maximum Gasteiger partial charge on any atom is 0.145 e. The van der Waals surface area contributed by atoms with E-state index in [4.69, 9.17) is 4.42 Å². The first-order chi connectivity index (χ1) is 38.2. The van der Waals surface area contributed by atoms with Crippen LogP contribution in [0.5, 0.6) is 0 Å². The molecule has 0 aliphatic heterocycles. The summed E-state index contributed by atoms with van der Waals surface area (Å²) in [4.78, 5) is 2.41. The van der Waals surface area contributed by atoms with Gasteiger partial charge in [0.05, 0.1) is 16.5 Å². The van der Waals surface area contributed by atoms with Crippen LogP contribution in [0, 0.1) is 0 Å². The van der Waals surface area contributed by atoms with E-state index >= 15 is 0 Å². The lowest BCUT2D eigenvalue weighted by Crippen LogP contribution is -2.28. The van der Waals surface area contributed by atoms with Gasteiger partial charge in [-0.3, -0.25) is 0 Å². The number of para-hydroxylation sites is 1. The van der Waals surface area contributed by atoms with Crippen molar-refractivity contribution in [3.63, 3.8) is 0 Å². The van der Waals surface area contributed by atoms with Gasteiger partial charge in [0, 0.05) is 22.3 Å². The van der Waals surface area contributed by atoms with E-state index in [1.807, 2.05) is 0 Å². The van der Waals surface area contributed by atoms with Crippen LogP contribution in [0.25, 0.3) is 99.1 Å². The molecule has 0 unspecified atom stereocenters. The molecule has 1 aliphatic rings. The number of hydrogen-bond donors (Lipinski definition) is 0. The van der Waals surface area contributed by atoms with E-state index in [-0.39, 0.29) is 0 Å². The Labute approximate surface area is 448 Å². The van der Waals surface area contributed by atoms with E-state index in [1.165, 1.54) is 77.2 Å². The summed E-state index contributed by atoms with van der Waals surface area (Å²) in [5, 5.41) is 7.03. The van der Waals surface area contributed by atoms with Crippen molar-refractivity contribution in [2.24, 2.45) is 0 Å². The molecule has 14 aromatic rings. The Morgan fingerprint density at radius 3 is 1.47 bits per heavy atom. The third kappa shape index (κ3) is 7.25. The molecular weight excluding hydrogens is 931 g/mol. The van der Waals surface area contributed by atoms with Crippen LogP contribution in [0.2, 0.25) is 0 Å². The molecule has 0 spiro atoms. The SMILES string of the molecule is c1ccc(C2(c3ccccc3)c3ccccc3-c3ccc(-c4ccc(N(c5ccc(-c6ccc(-c7ccc8ccccc8c7)cc6)cc5)c5ccc(-c6cccc7ccccc67)c6oc7ccccc7c56)cc4)cc32)cc1. The zero-order valence-corrected chi connectivity index (χ0v) is 42.1. The second kappa shape index (κ2) is 18.1. The van der Waals surface area contributed by atoms with Crippen molar-refractivity contribution < 1.29 is 4.42 Å². The number of furan rings is 1. The molecule has 0 bridgehead atoms. The summed E-state index contributed by atoms with van der Waals surface area (Å²) in [5.41, 5.74) is 21.3. The van der Waals surface area contributed by atoms with Crippen LogP contribution < -0.4 is 4.90 Å². The normalized spacial score (nSPS) is 12.5. The van der Waals surface area contributed by atoms with Crippen LogP contribution in [0.15, 0.2) is 302 Å². The molecule has 0 saturated heterocycles. The van der Waals surface area contributed by atoms with Crippen molar-refractivity contribution in [2.45, 2.75) is 5.41 Å². The van der Waals surface area contributed by atoms with Gasteiger partial charge >= 0.3 is 0 Å². The predicted octanol–water partition coefficient (Wildman–Crippen LogP) is 20.4. The summed E-state index contributed by atoms with van der Waals surface area (Å²) in [5.74, 6) is 0. The largest absolute Gasteiger partial charge is 0.455 e. The smallest absolute Gasteiger partial charge is 0.145 e. The highest BCUT2D eigenvalue weighted by Crippen LogP contribution is 2.57. The Balaban J connectivity index is 0.868. The molecule has 1 aliphatic carbocycles. The summed E-state index contributed by atoms with van der Waals surface area (Å²) < 4.78 is 6.98. The number of hydrogen-bond acceptors (Lipinski definition) is 2. The van der Waals surface area contributed by atoms with Crippen LogP contribution in [-0.2, 0) is 5.41 Å². The van der Waals surface area contributed by atoms with Crippen molar-refractivity contribution in [1.29, 1.82) is 0 Å². The van der Waals surface area contributed by atoms with E-state index in [2.05, 4.69) is 302 Å². The minimum Gasteiger partial charge on any atom is -0.455 e. The Morgan fingerprint density at radius 2 is 0.766 bits per heavy atom. The minimum absolute atomic E-state index is 0.483. The second-order valence-corrected chi connectivity index (χ2v) is 20.3. The Morgan fingerprint density at radius 1 is 0.286 bits per heavy atom. The highest BCUT2D eigenvalue weighted by molar-refractivity contribution is 6.18. The van der Waals surface area contributed by atoms with Gasteiger partial charge in [0.1, 0.15) is 11.2 Å². The van der Waals surface area contributed by atoms with Gasteiger partial charge in [-0.2, -0.15) is 0 Å². The number of nitrogens with zero attached hydrogens (tertiary/aromatic N) is 1. The van der Waals surface area contributed by atoms with Crippen molar-refractivity contribution in [2.75, 3.05) is 4.90 Å². The predicted molar refractivity (Wildman–Crippen MR) is 322 cm³/mol. The second-order valence-electron chi connectivity index (χ2n) is 20.3. The molecule has 13 aromatic carbocycles. The third-order valence-corrected chi connectivity index (χ3v) is 16.2. The lowest BCUT2D eigenvalue weighted by molar-refractivity contribution is 0.670. The summed E-state index contributed by atoms with van der Waals surface area (Å²) in [7, 11) is 0. The monoisotopic (exact) mass is 979 g/mol. The molecule has 0 atom stereocenters. The van der Waals surface area contributed by atoms with E-state index < -0.39 is 5.41 Å². The maximum absolute atomic E-state index is 6.98. The Kier molecular flexibility index (Phi) is 10.5. The van der Waals surface area contributed by atoms with Gasteiger partial charge in [0.15, 0.2) is 0 Å². The standard InChI is InChI=1S/C75H49NO/c1-3-20-59(21-4-1)75(60-22-5-2-6-23-60)69-28-13-11-25-65(69)66-45-40-58(49-70(66)75)54-38-43-62(44-39-54)76(61-41-36-52(37-42-61)51-30-32-53(33-31-51)57-35-34-50-16-7-8-18-56(50)48-57)71-47-46-67(64-27-15-19-55-17-9-10-24-63(55)64)74-73(71)68-26-12-14-29-72(68)77-74/h1-49H. The van der Waals surface area contributed by atoms with Crippen molar-refractivity contribution in [3.05, 3.63) is 320 Å². The average Bonchev–Trinajstić information content (AvgIpc) is 4.28. The van der Waals surface area contributed by atoms with Crippen molar-refractivity contribution in [3.8, 4) is 55.6 Å². The molecule has 1 aromatic heterocycles. The number of rotatable bonds is 9. The molecule has 0 radical (unpaired) electrons. The molecule has 2 nitrogen and oxygen atoms in total. The van der Waals surface area contributed by atoms with E-state index in [0.717, 1.165) is 61.3 Å². The zero-order valence-electron chi connectivity index (χ0n) is 42.1. The van der Waals surface area contributed by atoms with Crippen LogP contribution >= 0.6 is 0 Å². The summed E-state index contributed by atoms with van der Waals surface area (Å²) >= 11 is 0. The van der Waals surface area contributed by atoms with Gasteiger partial charge in [0.25, 0.3) is 0 Å². The van der Waals surface area contributed by atoms with E-state index in [0.29, 0.717) is 0 Å². The quantitative estimate of drug-likeness (QED) is 0.143. The molecule has 15 rings (SSSR count). The van der Waals surface area contributed by atoms with Crippen molar-refractivity contribution in [1.82, 2.24) is 0 Å². The van der Waals surface area contributed by atoms with E-state index in [1.54, 1.807) is 0 Å². The van der Waals surface area contributed by atoms with Crippen LogP contribution in [-0.4, -0.2) is 0 Å². The summed E-state index contributed by atoms with van der Waals surface area (Å²) in [6.07, 6.45) is 0. The molecule has 77 heavy (non-hydrogen) atoms. The highest BCUT2D eigenvalue weighted by atomic mass is 16.3. The van der Waals surface area contributed by atoms with E-state index in [9.17, 15) is 0 Å². The zero-order chi connectivity index (χ0) is 50.9. The number of fused-ring (bicyclic) bond motifs is 8. The molecular formula is C75H49NO. The first kappa shape index (κ1) is 44.5. The Hall–Kier alpha value is -10.0. The van der Waals surface area contributed by atoms with Gasteiger partial charge < -0.3 is 9.32 Å². The van der Waals surface area contributed by atoms with Crippen LogP contribution in [0.4, 0.5) is 17.1 Å². The molecule has 0 N–H and O–H groups in total. The molecule has 1 heterocycles. The van der Waals surface area contributed by atoms with Crippen LogP contribution in [0.1, 0.15) is 22.3 Å². The minimum atomic E-state index is -0.483. The van der Waals surface area contributed by atoms with Crippen molar-refractivity contribution >= 4 is 60.5 Å². The lowest BCUT2D eigenvalue weighted by atomic mass is 9.67. The number of benzene rings is 13. The van der Waals surface area contributed by atoms with Gasteiger partial charge in [-0.05, 0) is 148 Å². The lowest BCUT2D eigenvalue weighted by Gasteiger charge is -2.34. The third-order valence-electron chi connectivity index (χ3n) is 16.2. The average molecular weight is 980 g/mol.